The predicted octanol–water partition coefficient (Wildman–Crippen LogP) is 12.2. The van der Waals surface area contributed by atoms with Crippen molar-refractivity contribution in [1.29, 1.82) is 0 Å². The Morgan fingerprint density at radius 2 is 1.55 bits per heavy atom. The fourth-order valence-corrected chi connectivity index (χ4v) is 7.19. The Labute approximate surface area is 339 Å². The van der Waals surface area contributed by atoms with E-state index >= 15 is 4.39 Å². The molecule has 0 amide bonds. The van der Waals surface area contributed by atoms with E-state index in [1.165, 1.54) is 28.8 Å². The standard InChI is InChI=1S/C47H49FN4O2.Pt/c1-11-14-40-45(32-21-29(2)31(4)30(3)22-32)43(28-46(5,6)7)52(50-40)34-23-33(48)24-37(25-34)53-35-17-18-39-38-15-12-13-16-41(38)51(42(39)26-35)44-27-36(19-20-49-44)54-47(8,9)10;/h12-13,15-24,27H,11,14,28H2,1-10H3;/q-2;+2. The molecule has 6 nitrogen and oxygen atoms in total. The normalized spacial score (nSPS) is 12.0. The largest absolute Gasteiger partial charge is 2.00 e. The Morgan fingerprint density at radius 3 is 2.24 bits per heavy atom. The van der Waals surface area contributed by atoms with Crippen LogP contribution >= 0.6 is 0 Å². The first-order chi connectivity index (χ1) is 25.6. The van der Waals surface area contributed by atoms with Crippen LogP contribution in [0.15, 0.2) is 79.0 Å². The van der Waals surface area contributed by atoms with Gasteiger partial charge < -0.3 is 14.0 Å². The zero-order valence-corrected chi connectivity index (χ0v) is 35.7. The van der Waals surface area contributed by atoms with Gasteiger partial charge in [0, 0.05) is 40.7 Å². The molecule has 3 heterocycles. The molecular formula is C47H49FN4O2Pt. The number of benzene rings is 4. The molecule has 0 saturated heterocycles. The van der Waals surface area contributed by atoms with Crippen molar-refractivity contribution < 1.29 is 34.9 Å². The number of aromatic nitrogens is 4. The SMILES string of the molecule is CCCc1nn(-c2[c-]c(Oc3[c-]c4c(cc3)c3ccccc3n4-c3cc(OC(C)(C)C)ccn3)cc(F)c2)c(CC(C)(C)C)c1-c1cc(C)c(C)c(C)c1.[Pt+2]. The van der Waals surface area contributed by atoms with Gasteiger partial charge in [0.2, 0.25) is 0 Å². The molecule has 0 spiro atoms. The molecule has 0 unspecified atom stereocenters. The first-order valence-corrected chi connectivity index (χ1v) is 18.8. The number of hydrogen-bond acceptors (Lipinski definition) is 4. The van der Waals surface area contributed by atoms with E-state index in [-0.39, 0.29) is 37.8 Å². The molecule has 4 aromatic carbocycles. The smallest absolute Gasteiger partial charge is 0.509 e. The number of para-hydroxylation sites is 1. The van der Waals surface area contributed by atoms with E-state index in [0.717, 1.165) is 69.3 Å². The molecule has 3 aromatic heterocycles. The third kappa shape index (κ3) is 8.43. The summed E-state index contributed by atoms with van der Waals surface area (Å²) in [5, 5.41) is 7.23. The van der Waals surface area contributed by atoms with E-state index in [0.29, 0.717) is 17.3 Å². The van der Waals surface area contributed by atoms with Crippen LogP contribution in [0.4, 0.5) is 4.39 Å². The minimum atomic E-state index is -0.438. The summed E-state index contributed by atoms with van der Waals surface area (Å²) in [5.74, 6) is 1.63. The maximum Gasteiger partial charge on any atom is 2.00 e. The van der Waals surface area contributed by atoms with Gasteiger partial charge >= 0.3 is 21.1 Å². The number of rotatable bonds is 9. The van der Waals surface area contributed by atoms with Crippen LogP contribution in [0.5, 0.6) is 17.2 Å². The molecule has 7 aromatic rings. The molecule has 0 fully saturated rings. The van der Waals surface area contributed by atoms with E-state index in [4.69, 9.17) is 19.6 Å². The zero-order chi connectivity index (χ0) is 38.5. The van der Waals surface area contributed by atoms with Crippen LogP contribution in [-0.4, -0.2) is 24.9 Å². The van der Waals surface area contributed by atoms with Crippen LogP contribution in [0.1, 0.15) is 83.0 Å². The summed E-state index contributed by atoms with van der Waals surface area (Å²) in [4.78, 5) is 4.73. The van der Waals surface area contributed by atoms with Gasteiger partial charge in [-0.1, -0.05) is 76.0 Å². The maximum atomic E-state index is 15.7. The van der Waals surface area contributed by atoms with Crippen LogP contribution in [0.3, 0.4) is 0 Å². The van der Waals surface area contributed by atoms with Gasteiger partial charge in [0.1, 0.15) is 17.2 Å². The molecule has 7 rings (SSSR count). The molecule has 0 aliphatic rings. The van der Waals surface area contributed by atoms with Crippen LogP contribution in [0.25, 0.3) is 44.4 Å². The van der Waals surface area contributed by atoms with Crippen molar-refractivity contribution in [3.05, 3.63) is 125 Å². The molecule has 0 N–H and O–H groups in total. The molecule has 286 valence electrons. The minimum Gasteiger partial charge on any atom is -0.509 e. The van der Waals surface area contributed by atoms with E-state index in [1.54, 1.807) is 6.20 Å². The average Bonchev–Trinajstić information content (AvgIpc) is 3.60. The van der Waals surface area contributed by atoms with Crippen molar-refractivity contribution >= 4 is 21.8 Å². The van der Waals surface area contributed by atoms with Crippen molar-refractivity contribution in [3.8, 4) is 39.9 Å². The number of nitrogens with zero attached hydrogens (tertiary/aromatic N) is 4. The van der Waals surface area contributed by atoms with Crippen molar-refractivity contribution in [1.82, 2.24) is 19.3 Å². The Balaban J connectivity index is 0.00000514. The molecule has 0 saturated carbocycles. The Bertz CT molecular complexity index is 2500. The second-order valence-corrected chi connectivity index (χ2v) is 16.6. The van der Waals surface area contributed by atoms with E-state index in [9.17, 15) is 0 Å². The first kappa shape index (κ1) is 39.9. The predicted molar refractivity (Wildman–Crippen MR) is 217 cm³/mol. The van der Waals surface area contributed by atoms with E-state index in [1.807, 2.05) is 61.9 Å². The van der Waals surface area contributed by atoms with Crippen molar-refractivity contribution in [2.45, 2.75) is 94.1 Å². The summed E-state index contributed by atoms with van der Waals surface area (Å²) in [5.41, 5.74) is 9.87. The fourth-order valence-electron chi connectivity index (χ4n) is 7.19. The van der Waals surface area contributed by atoms with Gasteiger partial charge in [0.05, 0.1) is 11.4 Å². The number of aryl methyl sites for hydroxylation is 3. The number of ether oxygens (including phenoxy) is 2. The molecule has 0 radical (unpaired) electrons. The first-order valence-electron chi connectivity index (χ1n) is 18.8. The maximum absolute atomic E-state index is 15.7. The Kier molecular flexibility index (Phi) is 11.2. The number of fused-ring (bicyclic) bond motifs is 3. The quantitative estimate of drug-likeness (QED) is 0.135. The van der Waals surface area contributed by atoms with Gasteiger partial charge in [-0.3, -0.25) is 4.68 Å². The van der Waals surface area contributed by atoms with Crippen LogP contribution < -0.4 is 9.47 Å². The van der Waals surface area contributed by atoms with Crippen LogP contribution in [0.2, 0.25) is 0 Å². The Hall–Kier alpha value is -4.74. The van der Waals surface area contributed by atoms with Gasteiger partial charge in [-0.25, -0.2) is 9.37 Å². The fraction of sp³-hybridized carbons (Fsp3) is 0.319. The summed E-state index contributed by atoms with van der Waals surface area (Å²) in [6.45, 7) is 21.4. The molecule has 8 heteroatoms. The molecule has 55 heavy (non-hydrogen) atoms. The van der Waals surface area contributed by atoms with Crippen LogP contribution in [-0.2, 0) is 33.9 Å². The number of pyridine rings is 1. The number of halogens is 1. The minimum absolute atomic E-state index is 0. The van der Waals surface area contributed by atoms with Crippen molar-refractivity contribution in [3.63, 3.8) is 0 Å². The van der Waals surface area contributed by atoms with Crippen LogP contribution in [0, 0.1) is 44.1 Å². The zero-order valence-electron chi connectivity index (χ0n) is 33.4. The van der Waals surface area contributed by atoms with E-state index in [2.05, 4.69) is 89.4 Å². The number of hydrogen-bond donors (Lipinski definition) is 0. The molecule has 0 aliphatic heterocycles. The summed E-state index contributed by atoms with van der Waals surface area (Å²) in [6, 6.07) is 30.1. The van der Waals surface area contributed by atoms with E-state index < -0.39 is 5.82 Å². The van der Waals surface area contributed by atoms with Crippen molar-refractivity contribution in [2.75, 3.05) is 0 Å². The second kappa shape index (κ2) is 15.4. The topological polar surface area (TPSA) is 54.1 Å². The van der Waals surface area contributed by atoms with Gasteiger partial charge in [0.15, 0.2) is 0 Å². The second-order valence-electron chi connectivity index (χ2n) is 16.6. The monoisotopic (exact) mass is 915 g/mol. The Morgan fingerprint density at radius 1 is 0.818 bits per heavy atom. The summed E-state index contributed by atoms with van der Waals surface area (Å²) >= 11 is 0. The third-order valence-electron chi connectivity index (χ3n) is 9.62. The summed E-state index contributed by atoms with van der Waals surface area (Å²) in [6.07, 6.45) is 4.22. The van der Waals surface area contributed by atoms with Crippen molar-refractivity contribution in [2.24, 2.45) is 5.41 Å². The van der Waals surface area contributed by atoms with Gasteiger partial charge in [0.25, 0.3) is 0 Å². The van der Waals surface area contributed by atoms with Gasteiger partial charge in [-0.15, -0.1) is 29.7 Å². The van der Waals surface area contributed by atoms with Gasteiger partial charge in [-0.2, -0.15) is 11.2 Å². The molecule has 0 bridgehead atoms. The average molecular weight is 916 g/mol. The summed E-state index contributed by atoms with van der Waals surface area (Å²) < 4.78 is 32.2. The third-order valence-corrected chi connectivity index (χ3v) is 9.62. The summed E-state index contributed by atoms with van der Waals surface area (Å²) in [7, 11) is 0. The van der Waals surface area contributed by atoms with Gasteiger partial charge in [-0.05, 0) is 105 Å². The molecule has 0 aliphatic carbocycles. The molecular weight excluding hydrogens is 867 g/mol. The molecule has 0 atom stereocenters.